The van der Waals surface area contributed by atoms with Crippen molar-refractivity contribution in [1.82, 2.24) is 15.2 Å². The first-order chi connectivity index (χ1) is 9.20. The van der Waals surface area contributed by atoms with Gasteiger partial charge in [-0.05, 0) is 19.8 Å². The van der Waals surface area contributed by atoms with Crippen molar-refractivity contribution in [2.45, 2.75) is 44.3 Å². The van der Waals surface area contributed by atoms with Crippen LogP contribution in [-0.4, -0.2) is 26.6 Å². The molecule has 0 spiro atoms. The molecule has 1 fully saturated rings. The maximum atomic E-state index is 12.3. The van der Waals surface area contributed by atoms with E-state index in [9.17, 15) is 18.0 Å². The molecule has 1 saturated carbocycles. The van der Waals surface area contributed by atoms with Gasteiger partial charge in [0.25, 0.3) is 0 Å². The summed E-state index contributed by atoms with van der Waals surface area (Å²) in [7, 11) is 0. The van der Waals surface area contributed by atoms with Crippen molar-refractivity contribution in [2.75, 3.05) is 5.32 Å². The normalized spacial score (nSPS) is 26.0. The summed E-state index contributed by atoms with van der Waals surface area (Å²) in [6.45, 7) is 1.77. The van der Waals surface area contributed by atoms with Crippen LogP contribution in [0.15, 0.2) is 0 Å². The van der Waals surface area contributed by atoms with E-state index in [1.807, 2.05) is 0 Å². The minimum atomic E-state index is -4.62. The van der Waals surface area contributed by atoms with Gasteiger partial charge < -0.3 is 5.73 Å². The molecule has 1 aliphatic carbocycles. The number of alkyl halides is 3. The summed E-state index contributed by atoms with van der Waals surface area (Å²) in [5.41, 5.74) is 5.40. The van der Waals surface area contributed by atoms with E-state index in [4.69, 9.17) is 5.73 Å². The van der Waals surface area contributed by atoms with E-state index in [-0.39, 0.29) is 18.4 Å². The van der Waals surface area contributed by atoms with Gasteiger partial charge in [0, 0.05) is 5.54 Å². The zero-order valence-corrected chi connectivity index (χ0v) is 12.1. The predicted molar refractivity (Wildman–Crippen MR) is 71.8 cm³/mol. The van der Waals surface area contributed by atoms with E-state index in [0.29, 0.717) is 12.8 Å². The number of aromatic nitrogens is 3. The molecule has 0 bridgehead atoms. The quantitative estimate of drug-likeness (QED) is 0.775. The van der Waals surface area contributed by atoms with Crippen LogP contribution in [0.4, 0.5) is 19.1 Å². The van der Waals surface area contributed by atoms with Gasteiger partial charge in [-0.1, -0.05) is 12.8 Å². The molecule has 1 aliphatic rings. The number of rotatable bonds is 2. The molecule has 4 N–H and O–H groups in total. The Morgan fingerprint density at radius 3 is 2.67 bits per heavy atom. The third-order valence-corrected chi connectivity index (χ3v) is 3.56. The molecular formula is C11H17ClF3N5O. The molecule has 21 heavy (non-hydrogen) atoms. The number of nitrogens with one attached hydrogen (secondary N) is 2. The number of anilines is 1. The average molecular weight is 328 g/mol. The Bertz CT molecular complexity index is 502. The summed E-state index contributed by atoms with van der Waals surface area (Å²) in [5.74, 6) is -2.53. The third-order valence-electron chi connectivity index (χ3n) is 3.56. The lowest BCUT2D eigenvalue weighted by Crippen LogP contribution is -2.51. The molecule has 1 heterocycles. The number of aromatic amines is 1. The van der Waals surface area contributed by atoms with E-state index in [1.165, 1.54) is 0 Å². The molecule has 0 aliphatic heterocycles. The van der Waals surface area contributed by atoms with Crippen LogP contribution >= 0.6 is 12.4 Å². The fourth-order valence-corrected chi connectivity index (χ4v) is 2.43. The fourth-order valence-electron chi connectivity index (χ4n) is 2.43. The lowest BCUT2D eigenvalue weighted by atomic mass is 9.74. The van der Waals surface area contributed by atoms with Gasteiger partial charge in [-0.25, -0.2) is 0 Å². The molecule has 1 amide bonds. The monoisotopic (exact) mass is 327 g/mol. The van der Waals surface area contributed by atoms with Crippen molar-refractivity contribution in [3.05, 3.63) is 5.82 Å². The lowest BCUT2D eigenvalue weighted by Gasteiger charge is -2.36. The van der Waals surface area contributed by atoms with Gasteiger partial charge in [-0.15, -0.1) is 17.5 Å². The molecule has 2 atom stereocenters. The highest BCUT2D eigenvalue weighted by Gasteiger charge is 2.39. The number of amides is 1. The molecule has 0 saturated heterocycles. The fraction of sp³-hybridized carbons (Fsp3) is 0.727. The maximum absolute atomic E-state index is 12.3. The number of hydrogen-bond acceptors (Lipinski definition) is 4. The van der Waals surface area contributed by atoms with Crippen LogP contribution < -0.4 is 11.1 Å². The minimum absolute atomic E-state index is 0. The number of nitrogens with zero attached hydrogens (tertiary/aromatic N) is 2. The summed E-state index contributed by atoms with van der Waals surface area (Å²) in [6, 6.07) is 0. The first-order valence-corrected chi connectivity index (χ1v) is 6.29. The lowest BCUT2D eigenvalue weighted by molar-refractivity contribution is -0.144. The van der Waals surface area contributed by atoms with Crippen LogP contribution in [0, 0.1) is 5.92 Å². The van der Waals surface area contributed by atoms with Gasteiger partial charge in [0.15, 0.2) is 0 Å². The molecule has 10 heteroatoms. The van der Waals surface area contributed by atoms with Crippen molar-refractivity contribution < 1.29 is 18.0 Å². The topological polar surface area (TPSA) is 96.7 Å². The summed E-state index contributed by atoms with van der Waals surface area (Å²) < 4.78 is 37.0. The van der Waals surface area contributed by atoms with Crippen LogP contribution in [0.5, 0.6) is 0 Å². The van der Waals surface area contributed by atoms with Gasteiger partial charge >= 0.3 is 6.18 Å². The molecule has 1 aromatic rings. The maximum Gasteiger partial charge on any atom is 0.451 e. The summed E-state index contributed by atoms with van der Waals surface area (Å²) in [4.78, 5) is 15.3. The van der Waals surface area contributed by atoms with Gasteiger partial charge in [0.05, 0.1) is 5.92 Å². The van der Waals surface area contributed by atoms with Crippen LogP contribution in [0.2, 0.25) is 0 Å². The summed E-state index contributed by atoms with van der Waals surface area (Å²) >= 11 is 0. The third kappa shape index (κ3) is 4.07. The SMILES string of the molecule is CC1(N)CCCCC1C(=O)Nc1n[nH]c(C(F)(F)F)n1.Cl. The summed E-state index contributed by atoms with van der Waals surface area (Å²) in [5, 5.41) is 7.37. The molecule has 1 aromatic heterocycles. The van der Waals surface area contributed by atoms with Gasteiger partial charge in [0.2, 0.25) is 17.7 Å². The van der Waals surface area contributed by atoms with Crippen molar-refractivity contribution in [1.29, 1.82) is 0 Å². The van der Waals surface area contributed by atoms with Gasteiger partial charge in [-0.2, -0.15) is 18.2 Å². The van der Waals surface area contributed by atoms with Crippen LogP contribution in [-0.2, 0) is 11.0 Å². The van der Waals surface area contributed by atoms with Crippen LogP contribution in [0.1, 0.15) is 38.4 Å². The van der Waals surface area contributed by atoms with Crippen molar-refractivity contribution in [3.63, 3.8) is 0 Å². The van der Waals surface area contributed by atoms with E-state index in [0.717, 1.165) is 12.8 Å². The first-order valence-electron chi connectivity index (χ1n) is 6.29. The number of H-pyrrole nitrogens is 1. The highest BCUT2D eigenvalue weighted by Crippen LogP contribution is 2.32. The molecule has 0 aromatic carbocycles. The molecule has 120 valence electrons. The number of hydrogen-bond donors (Lipinski definition) is 3. The van der Waals surface area contributed by atoms with E-state index < -0.39 is 29.4 Å². The Balaban J connectivity index is 0.00000220. The number of carbonyl (C=O) groups is 1. The van der Waals surface area contributed by atoms with E-state index >= 15 is 0 Å². The zero-order chi connectivity index (χ0) is 15.0. The minimum Gasteiger partial charge on any atom is -0.325 e. The Morgan fingerprint density at radius 1 is 1.48 bits per heavy atom. The van der Waals surface area contributed by atoms with Crippen LogP contribution in [0.25, 0.3) is 0 Å². The molecular weight excluding hydrogens is 311 g/mol. The first kappa shape index (κ1) is 17.7. The second kappa shape index (κ2) is 6.18. The highest BCUT2D eigenvalue weighted by atomic mass is 35.5. The smallest absolute Gasteiger partial charge is 0.325 e. The van der Waals surface area contributed by atoms with E-state index in [1.54, 1.807) is 12.0 Å². The van der Waals surface area contributed by atoms with Crippen molar-refractivity contribution in [3.8, 4) is 0 Å². The Kier molecular flexibility index (Phi) is 5.21. The highest BCUT2D eigenvalue weighted by molar-refractivity contribution is 5.91. The largest absolute Gasteiger partial charge is 0.451 e. The summed E-state index contributed by atoms with van der Waals surface area (Å²) in [6.07, 6.45) is -1.51. The number of carbonyl (C=O) groups excluding carboxylic acids is 1. The molecule has 6 nitrogen and oxygen atoms in total. The number of nitrogens with two attached hydrogens (primary N) is 1. The van der Waals surface area contributed by atoms with Crippen LogP contribution in [0.3, 0.4) is 0 Å². The molecule has 0 radical (unpaired) electrons. The number of halogens is 4. The van der Waals surface area contributed by atoms with Crippen molar-refractivity contribution >= 4 is 24.3 Å². The Hall–Kier alpha value is -1.35. The predicted octanol–water partition coefficient (Wildman–Crippen LogP) is 2.09. The Labute approximate surface area is 125 Å². The standard InChI is InChI=1S/C11H16F3N5O.ClH/c1-10(15)5-3-2-4-6(10)7(20)16-9-17-8(18-19-9)11(12,13)14;/h6H,2-5,15H2,1H3,(H2,16,17,18,19,20);1H. The van der Waals surface area contributed by atoms with E-state index in [2.05, 4.69) is 15.4 Å². The van der Waals surface area contributed by atoms with Gasteiger partial charge in [0.1, 0.15) is 0 Å². The average Bonchev–Trinajstić information content (AvgIpc) is 2.76. The van der Waals surface area contributed by atoms with Crippen molar-refractivity contribution in [2.24, 2.45) is 11.7 Å². The Morgan fingerprint density at radius 2 is 2.14 bits per heavy atom. The van der Waals surface area contributed by atoms with Gasteiger partial charge in [-0.3, -0.25) is 15.2 Å². The molecule has 2 rings (SSSR count). The second-order valence-corrected chi connectivity index (χ2v) is 5.30. The molecule has 2 unspecified atom stereocenters. The second-order valence-electron chi connectivity index (χ2n) is 5.30. The zero-order valence-electron chi connectivity index (χ0n) is 11.3.